The van der Waals surface area contributed by atoms with Gasteiger partial charge in [-0.25, -0.2) is 4.39 Å². The Morgan fingerprint density at radius 2 is 2.00 bits per heavy atom. The maximum absolute atomic E-state index is 12.8. The molecule has 3 rings (SSSR count). The molecule has 1 fully saturated rings. The molecule has 2 aromatic rings. The molecule has 8 nitrogen and oxygen atoms in total. The number of carbonyl (C=O) groups excluding carboxylic acids is 1. The predicted octanol–water partition coefficient (Wildman–Crippen LogP) is 1.06. The van der Waals surface area contributed by atoms with E-state index >= 15 is 0 Å². The number of amides is 1. The second-order valence-corrected chi connectivity index (χ2v) is 5.92. The normalized spacial score (nSPS) is 13.9. The van der Waals surface area contributed by atoms with Crippen LogP contribution in [0.1, 0.15) is 0 Å². The second-order valence-electron chi connectivity index (χ2n) is 5.92. The van der Waals surface area contributed by atoms with E-state index in [4.69, 9.17) is 9.47 Å². The van der Waals surface area contributed by atoms with Crippen molar-refractivity contribution in [2.24, 2.45) is 0 Å². The van der Waals surface area contributed by atoms with Crippen molar-refractivity contribution < 1.29 is 18.7 Å². The van der Waals surface area contributed by atoms with Gasteiger partial charge >= 0.3 is 0 Å². The molecule has 0 spiro atoms. The van der Waals surface area contributed by atoms with Gasteiger partial charge in [0.05, 0.1) is 25.1 Å². The third-order valence-electron chi connectivity index (χ3n) is 3.95. The molecule has 1 aliphatic rings. The number of hydrogen-bond acceptors (Lipinski definition) is 7. The molecule has 1 amide bonds. The van der Waals surface area contributed by atoms with Crippen LogP contribution in [0.5, 0.6) is 5.75 Å². The van der Waals surface area contributed by atoms with E-state index in [1.807, 2.05) is 6.07 Å². The summed E-state index contributed by atoms with van der Waals surface area (Å²) in [7, 11) is 0. The van der Waals surface area contributed by atoms with Crippen LogP contribution >= 0.6 is 0 Å². The lowest BCUT2D eigenvalue weighted by Gasteiger charge is -2.28. The highest BCUT2D eigenvalue weighted by Crippen LogP contribution is 2.16. The maximum atomic E-state index is 12.8. The number of hydrogen-bond donors (Lipinski definition) is 2. The average Bonchev–Trinajstić information content (AvgIpc) is 2.72. The van der Waals surface area contributed by atoms with Crippen molar-refractivity contribution in [1.29, 1.82) is 0 Å². The smallest absolute Gasteiger partial charge is 0.258 e. The lowest BCUT2D eigenvalue weighted by atomic mass is 10.3. The summed E-state index contributed by atoms with van der Waals surface area (Å²) in [5.41, 5.74) is 0.993. The molecular formula is C18H22FN5O3. The van der Waals surface area contributed by atoms with Gasteiger partial charge in [-0.15, -0.1) is 5.10 Å². The Labute approximate surface area is 156 Å². The number of nitrogens with zero attached hydrogens (tertiary/aromatic N) is 3. The summed E-state index contributed by atoms with van der Waals surface area (Å²) in [6.07, 6.45) is 1.73. The van der Waals surface area contributed by atoms with Gasteiger partial charge in [-0.05, 0) is 24.3 Å². The quantitative estimate of drug-likeness (QED) is 0.667. The van der Waals surface area contributed by atoms with Gasteiger partial charge in [0.1, 0.15) is 11.6 Å². The molecule has 27 heavy (non-hydrogen) atoms. The standard InChI is InChI=1S/C18H22FN5O3/c19-14-1-3-16(4-2-14)27-13-18(25)21-6-5-20-17-11-15(12-22-23-17)24-7-9-26-10-8-24/h1-4,11-12H,5-10,13H2,(H,20,23)(H,21,25). The highest BCUT2D eigenvalue weighted by molar-refractivity contribution is 5.77. The topological polar surface area (TPSA) is 88.6 Å². The van der Waals surface area contributed by atoms with Crippen LogP contribution in [-0.4, -0.2) is 62.1 Å². The van der Waals surface area contributed by atoms with Gasteiger partial charge in [0, 0.05) is 32.2 Å². The van der Waals surface area contributed by atoms with Crippen LogP contribution in [0.25, 0.3) is 0 Å². The minimum absolute atomic E-state index is 0.127. The SMILES string of the molecule is O=C(COc1ccc(F)cc1)NCCNc1cc(N2CCOCC2)cnn1. The number of ether oxygens (including phenoxy) is 2. The summed E-state index contributed by atoms with van der Waals surface area (Å²) in [6.45, 7) is 3.86. The molecule has 0 aliphatic carbocycles. The summed E-state index contributed by atoms with van der Waals surface area (Å²) in [4.78, 5) is 14.0. The third kappa shape index (κ3) is 6.07. The van der Waals surface area contributed by atoms with Gasteiger partial charge in [-0.1, -0.05) is 0 Å². The van der Waals surface area contributed by atoms with Crippen LogP contribution < -0.4 is 20.3 Å². The van der Waals surface area contributed by atoms with Gasteiger partial charge in [-0.2, -0.15) is 5.10 Å². The molecular weight excluding hydrogens is 353 g/mol. The molecule has 2 N–H and O–H groups in total. The van der Waals surface area contributed by atoms with Gasteiger partial charge in [-0.3, -0.25) is 4.79 Å². The minimum Gasteiger partial charge on any atom is -0.484 e. The molecule has 1 aliphatic heterocycles. The van der Waals surface area contributed by atoms with Crippen LogP contribution in [0, 0.1) is 5.82 Å². The number of carbonyl (C=O) groups is 1. The summed E-state index contributed by atoms with van der Waals surface area (Å²) in [5.74, 6) is 0.489. The van der Waals surface area contributed by atoms with E-state index in [0.717, 1.165) is 18.8 Å². The van der Waals surface area contributed by atoms with Gasteiger partial charge < -0.3 is 25.0 Å². The molecule has 0 atom stereocenters. The van der Waals surface area contributed by atoms with E-state index in [0.29, 0.717) is 37.9 Å². The summed E-state index contributed by atoms with van der Waals surface area (Å²) < 4.78 is 23.4. The number of morpholine rings is 1. The first-order valence-electron chi connectivity index (χ1n) is 8.75. The third-order valence-corrected chi connectivity index (χ3v) is 3.95. The van der Waals surface area contributed by atoms with Crippen LogP contribution in [0.2, 0.25) is 0 Å². The zero-order valence-electron chi connectivity index (χ0n) is 14.9. The number of benzene rings is 1. The minimum atomic E-state index is -0.348. The number of nitrogens with one attached hydrogen (secondary N) is 2. The first kappa shape index (κ1) is 18.8. The molecule has 1 aromatic heterocycles. The number of rotatable bonds is 8. The molecule has 0 bridgehead atoms. The second kappa shape index (κ2) is 9.67. The van der Waals surface area contributed by atoms with Crippen molar-refractivity contribution in [3.8, 4) is 5.75 Å². The highest BCUT2D eigenvalue weighted by atomic mass is 19.1. The van der Waals surface area contributed by atoms with Crippen molar-refractivity contribution >= 4 is 17.4 Å². The van der Waals surface area contributed by atoms with Crippen molar-refractivity contribution in [2.45, 2.75) is 0 Å². The van der Waals surface area contributed by atoms with Crippen LogP contribution in [-0.2, 0) is 9.53 Å². The zero-order chi connectivity index (χ0) is 18.9. The fourth-order valence-electron chi connectivity index (χ4n) is 2.56. The Bertz CT molecular complexity index is 738. The van der Waals surface area contributed by atoms with E-state index in [1.165, 1.54) is 24.3 Å². The summed E-state index contributed by atoms with van der Waals surface area (Å²) in [6, 6.07) is 7.44. The maximum Gasteiger partial charge on any atom is 0.258 e. The van der Waals surface area contributed by atoms with Crippen molar-refractivity contribution in [3.63, 3.8) is 0 Å². The zero-order valence-corrected chi connectivity index (χ0v) is 14.9. The van der Waals surface area contributed by atoms with Crippen LogP contribution in [0.3, 0.4) is 0 Å². The fraction of sp³-hybridized carbons (Fsp3) is 0.389. The first-order valence-corrected chi connectivity index (χ1v) is 8.75. The van der Waals surface area contributed by atoms with E-state index < -0.39 is 0 Å². The van der Waals surface area contributed by atoms with Crippen LogP contribution in [0.4, 0.5) is 15.9 Å². The van der Waals surface area contributed by atoms with E-state index in [9.17, 15) is 9.18 Å². The summed E-state index contributed by atoms with van der Waals surface area (Å²) >= 11 is 0. The largest absolute Gasteiger partial charge is 0.484 e. The highest BCUT2D eigenvalue weighted by Gasteiger charge is 2.12. The van der Waals surface area contributed by atoms with E-state index in [1.54, 1.807) is 6.20 Å². The van der Waals surface area contributed by atoms with Gasteiger partial charge in [0.25, 0.3) is 5.91 Å². The van der Waals surface area contributed by atoms with E-state index in [2.05, 4.69) is 25.7 Å². The average molecular weight is 375 g/mol. The Morgan fingerprint density at radius 1 is 1.22 bits per heavy atom. The predicted molar refractivity (Wildman–Crippen MR) is 98.5 cm³/mol. The molecule has 1 aromatic carbocycles. The van der Waals surface area contributed by atoms with Crippen LogP contribution in [0.15, 0.2) is 36.5 Å². The van der Waals surface area contributed by atoms with Crippen molar-refractivity contribution in [1.82, 2.24) is 15.5 Å². The Morgan fingerprint density at radius 3 is 2.78 bits per heavy atom. The fourth-order valence-corrected chi connectivity index (χ4v) is 2.56. The van der Waals surface area contributed by atoms with E-state index in [-0.39, 0.29) is 18.3 Å². The molecule has 0 unspecified atom stereocenters. The summed E-state index contributed by atoms with van der Waals surface area (Å²) in [5, 5.41) is 13.9. The molecule has 144 valence electrons. The van der Waals surface area contributed by atoms with Gasteiger partial charge in [0.2, 0.25) is 0 Å². The van der Waals surface area contributed by atoms with Gasteiger partial charge in [0.15, 0.2) is 12.4 Å². The molecule has 0 saturated carbocycles. The lowest BCUT2D eigenvalue weighted by Crippen LogP contribution is -2.36. The van der Waals surface area contributed by atoms with Crippen molar-refractivity contribution in [3.05, 3.63) is 42.3 Å². The number of aromatic nitrogens is 2. The molecule has 9 heteroatoms. The molecule has 1 saturated heterocycles. The number of halogens is 1. The molecule has 0 radical (unpaired) electrons. The molecule has 2 heterocycles. The number of anilines is 2. The van der Waals surface area contributed by atoms with Crippen molar-refractivity contribution in [2.75, 3.05) is 56.2 Å². The Balaban J connectivity index is 1.35. The lowest BCUT2D eigenvalue weighted by molar-refractivity contribution is -0.123. The first-order chi connectivity index (χ1) is 13.2. The Kier molecular flexibility index (Phi) is 6.75. The monoisotopic (exact) mass is 375 g/mol. The Hall–Kier alpha value is -2.94.